The summed E-state index contributed by atoms with van der Waals surface area (Å²) in [6.07, 6.45) is 1.60. The van der Waals surface area contributed by atoms with Gasteiger partial charge in [-0.2, -0.15) is 0 Å². The van der Waals surface area contributed by atoms with Gasteiger partial charge in [-0.1, -0.05) is 72.4 Å². The Kier molecular flexibility index (Phi) is 6.79. The van der Waals surface area contributed by atoms with Crippen LogP contribution in [0.15, 0.2) is 41.4 Å². The molecule has 0 N–H and O–H groups in total. The van der Waals surface area contributed by atoms with Crippen LogP contribution in [-0.4, -0.2) is 5.71 Å². The van der Waals surface area contributed by atoms with Crippen LogP contribution in [0, 0.1) is 0 Å². The molecule has 1 nitrogen and oxygen atoms in total. The molecule has 0 bridgehead atoms. The summed E-state index contributed by atoms with van der Waals surface area (Å²) in [7, 11) is 0. The monoisotopic (exact) mass is 387 g/mol. The number of rotatable bonds is 5. The maximum Gasteiger partial charge on any atom is 0.0764 e. The minimum absolute atomic E-state index is 0.0403. The van der Waals surface area contributed by atoms with Crippen LogP contribution in [0.3, 0.4) is 0 Å². The van der Waals surface area contributed by atoms with Gasteiger partial charge in [-0.3, -0.25) is 4.99 Å². The Morgan fingerprint density at radius 1 is 0.913 bits per heavy atom. The molecule has 2 aromatic rings. The van der Waals surface area contributed by atoms with Crippen molar-refractivity contribution in [3.63, 3.8) is 0 Å². The molecule has 0 saturated carbocycles. The van der Waals surface area contributed by atoms with Gasteiger partial charge in [0.2, 0.25) is 0 Å². The third-order valence-electron chi connectivity index (χ3n) is 3.60. The first-order valence-corrected chi connectivity index (χ1v) is 8.94. The Hall–Kier alpha value is -0.730. The van der Waals surface area contributed by atoms with E-state index in [9.17, 15) is 0 Å². The highest BCUT2D eigenvalue weighted by Gasteiger charge is 2.15. The first-order valence-electron chi connectivity index (χ1n) is 7.43. The van der Waals surface area contributed by atoms with E-state index in [-0.39, 0.29) is 6.04 Å². The molecule has 0 spiro atoms. The molecule has 1 atom stereocenters. The highest BCUT2D eigenvalue weighted by molar-refractivity contribution is 6.37. The van der Waals surface area contributed by atoms with Gasteiger partial charge in [0.15, 0.2) is 0 Å². The molecule has 5 heteroatoms. The summed E-state index contributed by atoms with van der Waals surface area (Å²) in [6.45, 7) is 4.13. The molecule has 1 unspecified atom stereocenters. The highest BCUT2D eigenvalue weighted by Crippen LogP contribution is 2.32. The van der Waals surface area contributed by atoms with E-state index in [1.165, 1.54) is 0 Å². The second-order valence-electron chi connectivity index (χ2n) is 5.14. The van der Waals surface area contributed by atoms with Crippen molar-refractivity contribution in [2.24, 2.45) is 4.99 Å². The number of halogens is 4. The maximum absolute atomic E-state index is 6.33. The summed E-state index contributed by atoms with van der Waals surface area (Å²) >= 11 is 24.6. The normalized spacial score (nSPS) is 13.2. The average molecular weight is 389 g/mol. The minimum atomic E-state index is -0.0403. The number of aliphatic imine (C=N–C) groups is 1. The number of hydrogen-bond acceptors (Lipinski definition) is 1. The van der Waals surface area contributed by atoms with Gasteiger partial charge in [0.05, 0.1) is 11.1 Å². The van der Waals surface area contributed by atoms with Crippen LogP contribution >= 0.6 is 46.4 Å². The van der Waals surface area contributed by atoms with Gasteiger partial charge in [-0.25, -0.2) is 0 Å². The zero-order valence-corrected chi connectivity index (χ0v) is 15.9. The Morgan fingerprint density at radius 3 is 2.04 bits per heavy atom. The first kappa shape index (κ1) is 18.6. The van der Waals surface area contributed by atoms with E-state index in [0.29, 0.717) is 20.1 Å². The van der Waals surface area contributed by atoms with Crippen molar-refractivity contribution >= 4 is 52.1 Å². The van der Waals surface area contributed by atoms with Crippen molar-refractivity contribution < 1.29 is 0 Å². The van der Waals surface area contributed by atoms with E-state index >= 15 is 0 Å². The van der Waals surface area contributed by atoms with Crippen LogP contribution in [0.4, 0.5) is 0 Å². The number of nitrogens with zero attached hydrogens (tertiary/aromatic N) is 1. The fourth-order valence-electron chi connectivity index (χ4n) is 2.42. The minimum Gasteiger partial charge on any atom is -0.281 e. The third kappa shape index (κ3) is 4.64. The van der Waals surface area contributed by atoms with E-state index in [2.05, 4.69) is 13.8 Å². The predicted molar refractivity (Wildman–Crippen MR) is 103 cm³/mol. The molecule has 0 saturated heterocycles. The van der Waals surface area contributed by atoms with E-state index in [4.69, 9.17) is 51.4 Å². The molecule has 0 amide bonds. The van der Waals surface area contributed by atoms with Gasteiger partial charge < -0.3 is 0 Å². The van der Waals surface area contributed by atoms with Crippen molar-refractivity contribution in [2.75, 3.05) is 0 Å². The summed E-state index contributed by atoms with van der Waals surface area (Å²) in [4.78, 5) is 4.90. The zero-order chi connectivity index (χ0) is 17.0. The van der Waals surface area contributed by atoms with Crippen LogP contribution in [0.1, 0.15) is 43.9 Å². The van der Waals surface area contributed by atoms with Crippen molar-refractivity contribution in [3.8, 4) is 0 Å². The molecule has 122 valence electrons. The van der Waals surface area contributed by atoms with Crippen LogP contribution in [0.5, 0.6) is 0 Å². The first-order chi connectivity index (χ1) is 11.0. The van der Waals surface area contributed by atoms with Gasteiger partial charge in [0, 0.05) is 26.3 Å². The molecule has 0 heterocycles. The molecule has 0 aliphatic carbocycles. The quantitative estimate of drug-likeness (QED) is 0.466. The smallest absolute Gasteiger partial charge is 0.0764 e. The van der Waals surface area contributed by atoms with Crippen LogP contribution < -0.4 is 0 Å². The summed E-state index contributed by atoms with van der Waals surface area (Å²) in [5, 5.41) is 2.47. The summed E-state index contributed by atoms with van der Waals surface area (Å²) in [6, 6.07) is 10.9. The molecular formula is C18H17Cl4N. The van der Waals surface area contributed by atoms with Gasteiger partial charge >= 0.3 is 0 Å². The van der Waals surface area contributed by atoms with E-state index in [1.807, 2.05) is 24.3 Å². The molecule has 0 aliphatic heterocycles. The predicted octanol–water partition coefficient (Wildman–Crippen LogP) is 7.65. The Morgan fingerprint density at radius 2 is 1.52 bits per heavy atom. The zero-order valence-electron chi connectivity index (χ0n) is 12.9. The Balaban J connectivity index is 2.45. The number of hydrogen-bond donors (Lipinski definition) is 0. The largest absolute Gasteiger partial charge is 0.281 e. The summed E-state index contributed by atoms with van der Waals surface area (Å²) in [5.74, 6) is 0. The van der Waals surface area contributed by atoms with Gasteiger partial charge in [-0.05, 0) is 42.7 Å². The van der Waals surface area contributed by atoms with Crippen molar-refractivity contribution in [3.05, 3.63) is 67.6 Å². The molecule has 2 rings (SSSR count). The Labute approximate surface area is 157 Å². The van der Waals surface area contributed by atoms with Crippen molar-refractivity contribution in [1.29, 1.82) is 0 Å². The van der Waals surface area contributed by atoms with Crippen molar-refractivity contribution in [2.45, 2.75) is 32.7 Å². The molecular weight excluding hydrogens is 372 g/mol. The summed E-state index contributed by atoms with van der Waals surface area (Å²) < 4.78 is 0. The third-order valence-corrected chi connectivity index (χ3v) is 4.71. The molecule has 0 fully saturated rings. The van der Waals surface area contributed by atoms with E-state index < -0.39 is 0 Å². The average Bonchev–Trinajstić information content (AvgIpc) is 2.50. The second kappa shape index (κ2) is 8.39. The SMILES string of the molecule is CCC(=NC(CC)c1ccc(Cl)cc1Cl)c1ccc(Cl)cc1Cl. The van der Waals surface area contributed by atoms with Gasteiger partial charge in [0.1, 0.15) is 0 Å². The van der Waals surface area contributed by atoms with E-state index in [1.54, 1.807) is 12.1 Å². The fourth-order valence-corrected chi connectivity index (χ4v) is 3.47. The standard InChI is InChI=1S/C18H17Cl4N/c1-3-17(13-7-5-11(19)9-15(13)21)23-18(4-2)14-8-6-12(20)10-16(14)22/h5-10,17H,3-4H2,1-2H3. The number of benzene rings is 2. The molecule has 0 radical (unpaired) electrons. The van der Waals surface area contributed by atoms with Crippen LogP contribution in [0.25, 0.3) is 0 Å². The van der Waals surface area contributed by atoms with Crippen LogP contribution in [-0.2, 0) is 0 Å². The topological polar surface area (TPSA) is 12.4 Å². The fraction of sp³-hybridized carbons (Fsp3) is 0.278. The molecule has 0 aliphatic rings. The lowest BCUT2D eigenvalue weighted by atomic mass is 10.0. The molecule has 23 heavy (non-hydrogen) atoms. The van der Waals surface area contributed by atoms with E-state index in [0.717, 1.165) is 29.7 Å². The lowest BCUT2D eigenvalue weighted by Gasteiger charge is -2.16. The van der Waals surface area contributed by atoms with Gasteiger partial charge in [0.25, 0.3) is 0 Å². The summed E-state index contributed by atoms with van der Waals surface area (Å²) in [5.41, 5.74) is 2.81. The second-order valence-corrected chi connectivity index (χ2v) is 6.83. The lowest BCUT2D eigenvalue weighted by molar-refractivity contribution is 0.699. The Bertz CT molecular complexity index is 725. The molecule has 2 aromatic carbocycles. The maximum atomic E-state index is 6.33. The lowest BCUT2D eigenvalue weighted by Crippen LogP contribution is -2.05. The molecule has 0 aromatic heterocycles. The van der Waals surface area contributed by atoms with Crippen molar-refractivity contribution in [1.82, 2.24) is 0 Å². The van der Waals surface area contributed by atoms with Gasteiger partial charge in [-0.15, -0.1) is 0 Å². The van der Waals surface area contributed by atoms with Crippen LogP contribution in [0.2, 0.25) is 20.1 Å². The highest BCUT2D eigenvalue weighted by atomic mass is 35.5.